The predicted molar refractivity (Wildman–Crippen MR) is 36.0 cm³/mol. The van der Waals surface area contributed by atoms with Crippen LogP contribution in [0.4, 0.5) is 0 Å². The molecule has 0 spiro atoms. The molecule has 1 unspecified atom stereocenters. The number of piperidine rings is 1. The van der Waals surface area contributed by atoms with Gasteiger partial charge in [0.25, 0.3) is 0 Å². The van der Waals surface area contributed by atoms with Gasteiger partial charge in [0.2, 0.25) is 6.29 Å². The van der Waals surface area contributed by atoms with Gasteiger partial charge in [0.15, 0.2) is 0 Å². The van der Waals surface area contributed by atoms with Crippen LogP contribution in [0.2, 0.25) is 0 Å². The minimum Gasteiger partial charge on any atom is -0.296 e. The Hall–Kier alpha value is -0.370. The maximum atomic E-state index is 10.2. The van der Waals surface area contributed by atoms with Crippen molar-refractivity contribution in [2.45, 2.75) is 25.3 Å². The van der Waals surface area contributed by atoms with Gasteiger partial charge in [-0.05, 0) is 26.4 Å². The van der Waals surface area contributed by atoms with Gasteiger partial charge in [-0.1, -0.05) is 6.42 Å². The van der Waals surface area contributed by atoms with Gasteiger partial charge in [0, 0.05) is 0 Å². The van der Waals surface area contributed by atoms with E-state index in [1.54, 1.807) is 0 Å². The summed E-state index contributed by atoms with van der Waals surface area (Å²) in [5, 5.41) is 0. The first-order chi connectivity index (χ1) is 4.34. The quantitative estimate of drug-likeness (QED) is 0.512. The van der Waals surface area contributed by atoms with Gasteiger partial charge < -0.3 is 0 Å². The van der Waals surface area contributed by atoms with E-state index in [0.717, 1.165) is 13.0 Å². The second-order valence-electron chi connectivity index (χ2n) is 2.61. The fourth-order valence-electron chi connectivity index (χ4n) is 1.22. The number of hydrogen-bond donors (Lipinski definition) is 0. The molecule has 0 aromatic heterocycles. The molecule has 0 saturated carbocycles. The van der Waals surface area contributed by atoms with Gasteiger partial charge in [-0.25, -0.2) is 0 Å². The molecule has 2 nitrogen and oxygen atoms in total. The fraction of sp³-hybridized carbons (Fsp3) is 0.857. The molecule has 1 radical (unpaired) electrons. The van der Waals surface area contributed by atoms with Gasteiger partial charge >= 0.3 is 0 Å². The van der Waals surface area contributed by atoms with E-state index < -0.39 is 0 Å². The minimum absolute atomic E-state index is 0.0822. The molecule has 0 aliphatic carbocycles. The summed E-state index contributed by atoms with van der Waals surface area (Å²) in [5.41, 5.74) is 0. The number of carbonyl (C=O) groups excluding carboxylic acids is 1. The normalized spacial score (nSPS) is 30.1. The molecule has 0 bridgehead atoms. The highest BCUT2D eigenvalue weighted by molar-refractivity contribution is 5.58. The average Bonchev–Trinajstić information content (AvgIpc) is 1.89. The van der Waals surface area contributed by atoms with Gasteiger partial charge in [-0.2, -0.15) is 0 Å². The van der Waals surface area contributed by atoms with Crippen LogP contribution in [0.3, 0.4) is 0 Å². The second-order valence-corrected chi connectivity index (χ2v) is 2.61. The number of likely N-dealkylation sites (N-methyl/N-ethyl adjacent to an activating group) is 1. The van der Waals surface area contributed by atoms with E-state index in [1.165, 1.54) is 12.8 Å². The first-order valence-corrected chi connectivity index (χ1v) is 3.42. The highest BCUT2D eigenvalue weighted by Crippen LogP contribution is 2.12. The van der Waals surface area contributed by atoms with Crippen LogP contribution in [0, 0.1) is 0 Å². The van der Waals surface area contributed by atoms with Crippen LogP contribution in [0.5, 0.6) is 0 Å². The Labute approximate surface area is 55.8 Å². The molecule has 1 aliphatic heterocycles. The van der Waals surface area contributed by atoms with Crippen LogP contribution in [-0.2, 0) is 4.79 Å². The fourth-order valence-corrected chi connectivity index (χ4v) is 1.22. The zero-order valence-corrected chi connectivity index (χ0v) is 5.76. The molecule has 1 aliphatic rings. The lowest BCUT2D eigenvalue weighted by molar-refractivity contribution is 0.231. The molecule has 0 N–H and O–H groups in total. The Balaban J connectivity index is 2.38. The summed E-state index contributed by atoms with van der Waals surface area (Å²) < 4.78 is 0. The summed E-state index contributed by atoms with van der Waals surface area (Å²) in [6.45, 7) is 1.06. The largest absolute Gasteiger partial charge is 0.296 e. The Morgan fingerprint density at radius 3 is 2.78 bits per heavy atom. The Bertz CT molecular complexity index is 103. The standard InChI is InChI=1S/C7H12NO/c1-8-5-3-2-4-7(8)6-9/h7H,2-5H2,1H3. The highest BCUT2D eigenvalue weighted by atomic mass is 16.1. The third kappa shape index (κ3) is 1.52. The lowest BCUT2D eigenvalue weighted by Crippen LogP contribution is -2.36. The Kier molecular flexibility index (Phi) is 2.22. The Morgan fingerprint density at radius 2 is 2.33 bits per heavy atom. The number of hydrogen-bond acceptors (Lipinski definition) is 2. The Morgan fingerprint density at radius 1 is 1.56 bits per heavy atom. The van der Waals surface area contributed by atoms with Crippen LogP contribution in [0.25, 0.3) is 0 Å². The maximum Gasteiger partial charge on any atom is 0.217 e. The van der Waals surface area contributed by atoms with E-state index in [-0.39, 0.29) is 6.04 Å². The van der Waals surface area contributed by atoms with Crippen LogP contribution < -0.4 is 0 Å². The molecule has 1 rings (SSSR count). The zero-order valence-electron chi connectivity index (χ0n) is 5.76. The first kappa shape index (κ1) is 6.75. The van der Waals surface area contributed by atoms with Crippen molar-refractivity contribution in [3.05, 3.63) is 0 Å². The van der Waals surface area contributed by atoms with Crippen LogP contribution in [-0.4, -0.2) is 30.8 Å². The van der Waals surface area contributed by atoms with E-state index in [1.807, 2.05) is 13.3 Å². The minimum atomic E-state index is 0.0822. The van der Waals surface area contributed by atoms with Gasteiger partial charge in [0.05, 0.1) is 6.04 Å². The van der Waals surface area contributed by atoms with Crippen molar-refractivity contribution in [1.29, 1.82) is 0 Å². The summed E-state index contributed by atoms with van der Waals surface area (Å²) in [7, 11) is 1.98. The van der Waals surface area contributed by atoms with Gasteiger partial charge in [-0.3, -0.25) is 9.69 Å². The van der Waals surface area contributed by atoms with E-state index in [0.29, 0.717) is 0 Å². The topological polar surface area (TPSA) is 20.3 Å². The van der Waals surface area contributed by atoms with Crippen molar-refractivity contribution in [3.8, 4) is 0 Å². The number of likely N-dealkylation sites (tertiary alicyclic amines) is 1. The summed E-state index contributed by atoms with van der Waals surface area (Å²) in [6.07, 6.45) is 5.45. The lowest BCUT2D eigenvalue weighted by atomic mass is 10.0. The molecule has 1 heterocycles. The molecular weight excluding hydrogens is 114 g/mol. The SMILES string of the molecule is CN1CCCCC1[C]=O. The molecule has 1 saturated heterocycles. The van der Waals surface area contributed by atoms with Crippen molar-refractivity contribution in [1.82, 2.24) is 4.90 Å². The molecule has 1 fully saturated rings. The second kappa shape index (κ2) is 2.97. The van der Waals surface area contributed by atoms with Gasteiger partial charge in [-0.15, -0.1) is 0 Å². The van der Waals surface area contributed by atoms with Crippen molar-refractivity contribution in [2.24, 2.45) is 0 Å². The van der Waals surface area contributed by atoms with E-state index in [4.69, 9.17) is 0 Å². The molecule has 0 aromatic carbocycles. The first-order valence-electron chi connectivity index (χ1n) is 3.42. The molecule has 0 amide bonds. The van der Waals surface area contributed by atoms with Crippen LogP contribution >= 0.6 is 0 Å². The maximum absolute atomic E-state index is 10.2. The van der Waals surface area contributed by atoms with Crippen molar-refractivity contribution < 1.29 is 4.79 Å². The summed E-state index contributed by atoms with van der Waals surface area (Å²) in [5.74, 6) is 0. The smallest absolute Gasteiger partial charge is 0.217 e. The third-order valence-corrected chi connectivity index (χ3v) is 1.91. The molecule has 0 aromatic rings. The molecular formula is C7H12NO. The number of rotatable bonds is 1. The van der Waals surface area contributed by atoms with E-state index >= 15 is 0 Å². The van der Waals surface area contributed by atoms with Gasteiger partial charge in [0.1, 0.15) is 0 Å². The van der Waals surface area contributed by atoms with Crippen LogP contribution in [0.1, 0.15) is 19.3 Å². The third-order valence-electron chi connectivity index (χ3n) is 1.91. The van der Waals surface area contributed by atoms with E-state index in [9.17, 15) is 4.79 Å². The lowest BCUT2D eigenvalue weighted by Gasteiger charge is -2.27. The van der Waals surface area contributed by atoms with Crippen molar-refractivity contribution >= 4 is 6.29 Å². The monoisotopic (exact) mass is 126 g/mol. The molecule has 2 heteroatoms. The summed E-state index contributed by atoms with van der Waals surface area (Å²) >= 11 is 0. The molecule has 9 heavy (non-hydrogen) atoms. The van der Waals surface area contributed by atoms with Crippen LogP contribution in [0.15, 0.2) is 0 Å². The summed E-state index contributed by atoms with van der Waals surface area (Å²) in [4.78, 5) is 12.3. The van der Waals surface area contributed by atoms with Crippen molar-refractivity contribution in [3.63, 3.8) is 0 Å². The highest BCUT2D eigenvalue weighted by Gasteiger charge is 2.17. The van der Waals surface area contributed by atoms with Crippen molar-refractivity contribution in [2.75, 3.05) is 13.6 Å². The summed E-state index contributed by atoms with van der Waals surface area (Å²) in [6, 6.07) is 0.0822. The average molecular weight is 126 g/mol. The molecule has 1 atom stereocenters. The number of nitrogens with zero attached hydrogens (tertiary/aromatic N) is 1. The predicted octanol–water partition coefficient (Wildman–Crippen LogP) is 0.580. The molecule has 51 valence electrons. The van der Waals surface area contributed by atoms with E-state index in [2.05, 4.69) is 4.90 Å². The zero-order chi connectivity index (χ0) is 6.69.